The lowest BCUT2D eigenvalue weighted by molar-refractivity contribution is 0.341. The lowest BCUT2D eigenvalue weighted by Gasteiger charge is -2.08. The number of nitrogens with two attached hydrogens (primary N) is 1. The van der Waals surface area contributed by atoms with E-state index in [-0.39, 0.29) is 6.04 Å². The third-order valence-corrected chi connectivity index (χ3v) is 3.88. The van der Waals surface area contributed by atoms with Crippen molar-refractivity contribution < 1.29 is 4.74 Å². The summed E-state index contributed by atoms with van der Waals surface area (Å²) in [6, 6.07) is 8.04. The summed E-state index contributed by atoms with van der Waals surface area (Å²) in [7, 11) is 0. The minimum Gasteiger partial charge on any atom is -0.493 e. The van der Waals surface area contributed by atoms with Crippen LogP contribution >= 0.6 is 11.3 Å². The van der Waals surface area contributed by atoms with Crippen LogP contribution in [0.5, 0.6) is 5.75 Å². The Hall–Kier alpha value is -1.39. The van der Waals surface area contributed by atoms with Gasteiger partial charge in [-0.3, -0.25) is 0 Å². The predicted molar refractivity (Wildman–Crippen MR) is 80.6 cm³/mol. The molecule has 1 heterocycles. The first kappa shape index (κ1) is 14.0. The van der Waals surface area contributed by atoms with Crippen LogP contribution in [-0.4, -0.2) is 11.6 Å². The highest BCUT2D eigenvalue weighted by molar-refractivity contribution is 7.10. The third-order valence-electron chi connectivity index (χ3n) is 2.90. The van der Waals surface area contributed by atoms with Gasteiger partial charge in [0.2, 0.25) is 0 Å². The highest BCUT2D eigenvalue weighted by Gasteiger charge is 2.13. The smallest absolute Gasteiger partial charge is 0.128 e. The molecule has 3 nitrogen and oxygen atoms in total. The minimum atomic E-state index is 0.0444. The molecule has 2 rings (SSSR count). The van der Waals surface area contributed by atoms with E-state index in [2.05, 4.69) is 17.3 Å². The lowest BCUT2D eigenvalue weighted by atomic mass is 10.1. The van der Waals surface area contributed by atoms with E-state index in [1.54, 1.807) is 11.3 Å². The summed E-state index contributed by atoms with van der Waals surface area (Å²) in [6.45, 7) is 4.78. The fraction of sp³-hybridized carbons (Fsp3) is 0.400. The SMILES string of the molecule is CCCC(N)c1nc(-c2ccccc2OCC)cs1. The Labute approximate surface area is 118 Å². The van der Waals surface area contributed by atoms with Crippen LogP contribution in [0.15, 0.2) is 29.6 Å². The number of ether oxygens (including phenoxy) is 1. The molecule has 0 spiro atoms. The Bertz CT molecular complexity index is 524. The second-order valence-electron chi connectivity index (χ2n) is 4.40. The molecule has 4 heteroatoms. The Morgan fingerprint density at radius 2 is 2.11 bits per heavy atom. The molecule has 0 bridgehead atoms. The molecule has 0 aliphatic heterocycles. The van der Waals surface area contributed by atoms with Gasteiger partial charge in [-0.25, -0.2) is 4.98 Å². The molecular weight excluding hydrogens is 256 g/mol. The molecule has 2 N–H and O–H groups in total. The number of thiazole rings is 1. The Balaban J connectivity index is 2.27. The standard InChI is InChI=1S/C15H20N2OS/c1-3-7-12(16)15-17-13(10-19-15)11-8-5-6-9-14(11)18-4-2/h5-6,8-10,12H,3-4,7,16H2,1-2H3. The molecule has 0 saturated carbocycles. The molecule has 0 aliphatic rings. The molecule has 0 aliphatic carbocycles. The summed E-state index contributed by atoms with van der Waals surface area (Å²) < 4.78 is 5.64. The number of benzene rings is 1. The maximum Gasteiger partial charge on any atom is 0.128 e. The molecule has 2 aromatic rings. The number of nitrogens with zero attached hydrogens (tertiary/aromatic N) is 1. The van der Waals surface area contributed by atoms with Gasteiger partial charge in [-0.2, -0.15) is 0 Å². The van der Waals surface area contributed by atoms with Gasteiger partial charge in [0.05, 0.1) is 18.3 Å². The molecule has 19 heavy (non-hydrogen) atoms. The zero-order valence-electron chi connectivity index (χ0n) is 11.4. The fourth-order valence-corrected chi connectivity index (χ4v) is 2.83. The van der Waals surface area contributed by atoms with E-state index in [1.165, 1.54) is 0 Å². The zero-order chi connectivity index (χ0) is 13.7. The Kier molecular flexibility index (Phi) is 4.93. The van der Waals surface area contributed by atoms with Gasteiger partial charge in [-0.1, -0.05) is 25.5 Å². The molecule has 1 atom stereocenters. The van der Waals surface area contributed by atoms with Gasteiger partial charge in [0, 0.05) is 10.9 Å². The lowest BCUT2D eigenvalue weighted by Crippen LogP contribution is -2.09. The summed E-state index contributed by atoms with van der Waals surface area (Å²) in [4.78, 5) is 4.66. The first-order valence-electron chi connectivity index (χ1n) is 6.69. The molecule has 1 unspecified atom stereocenters. The Morgan fingerprint density at radius 1 is 1.32 bits per heavy atom. The van der Waals surface area contributed by atoms with Crippen LogP contribution in [-0.2, 0) is 0 Å². The van der Waals surface area contributed by atoms with Gasteiger partial charge < -0.3 is 10.5 Å². The quantitative estimate of drug-likeness (QED) is 0.867. The second kappa shape index (κ2) is 6.68. The van der Waals surface area contributed by atoms with Crippen molar-refractivity contribution in [3.8, 4) is 17.0 Å². The average Bonchev–Trinajstić information content (AvgIpc) is 2.90. The number of rotatable bonds is 6. The predicted octanol–water partition coefficient (Wildman–Crippen LogP) is 4.01. The van der Waals surface area contributed by atoms with Crippen molar-refractivity contribution in [2.24, 2.45) is 5.73 Å². The van der Waals surface area contributed by atoms with Crippen LogP contribution < -0.4 is 10.5 Å². The molecule has 0 amide bonds. The van der Waals surface area contributed by atoms with Crippen molar-refractivity contribution in [3.05, 3.63) is 34.7 Å². The summed E-state index contributed by atoms with van der Waals surface area (Å²) in [6.07, 6.45) is 2.05. The van der Waals surface area contributed by atoms with Gasteiger partial charge >= 0.3 is 0 Å². The van der Waals surface area contributed by atoms with Gasteiger partial charge in [-0.05, 0) is 25.5 Å². The van der Waals surface area contributed by atoms with E-state index in [9.17, 15) is 0 Å². The van der Waals surface area contributed by atoms with E-state index in [0.29, 0.717) is 6.61 Å². The first-order valence-corrected chi connectivity index (χ1v) is 7.57. The number of aromatic nitrogens is 1. The van der Waals surface area contributed by atoms with E-state index < -0.39 is 0 Å². The summed E-state index contributed by atoms with van der Waals surface area (Å²) in [5.74, 6) is 0.880. The minimum absolute atomic E-state index is 0.0444. The molecule has 1 aromatic carbocycles. The van der Waals surface area contributed by atoms with Gasteiger partial charge in [-0.15, -0.1) is 11.3 Å². The number of para-hydroxylation sites is 1. The Morgan fingerprint density at radius 3 is 2.84 bits per heavy atom. The van der Waals surface area contributed by atoms with Gasteiger partial charge in [0.25, 0.3) is 0 Å². The van der Waals surface area contributed by atoms with E-state index in [1.807, 2.05) is 31.2 Å². The molecule has 102 valence electrons. The summed E-state index contributed by atoms with van der Waals surface area (Å²) in [5.41, 5.74) is 8.10. The average molecular weight is 276 g/mol. The van der Waals surface area contributed by atoms with E-state index >= 15 is 0 Å². The number of hydrogen-bond acceptors (Lipinski definition) is 4. The van der Waals surface area contributed by atoms with Crippen LogP contribution in [0.4, 0.5) is 0 Å². The maximum absolute atomic E-state index is 6.11. The molecule has 0 saturated heterocycles. The summed E-state index contributed by atoms with van der Waals surface area (Å²) >= 11 is 1.63. The third kappa shape index (κ3) is 3.33. The van der Waals surface area contributed by atoms with E-state index in [0.717, 1.165) is 34.9 Å². The number of hydrogen-bond donors (Lipinski definition) is 1. The van der Waals surface area contributed by atoms with E-state index in [4.69, 9.17) is 10.5 Å². The highest BCUT2D eigenvalue weighted by Crippen LogP contribution is 2.32. The topological polar surface area (TPSA) is 48.1 Å². The largest absolute Gasteiger partial charge is 0.493 e. The van der Waals surface area contributed by atoms with Gasteiger partial charge in [0.15, 0.2) is 0 Å². The van der Waals surface area contributed by atoms with Crippen molar-refractivity contribution in [1.82, 2.24) is 4.98 Å². The summed E-state index contributed by atoms with van der Waals surface area (Å²) in [5, 5.41) is 3.06. The van der Waals surface area contributed by atoms with Crippen LogP contribution in [0.25, 0.3) is 11.3 Å². The van der Waals surface area contributed by atoms with Gasteiger partial charge in [0.1, 0.15) is 10.8 Å². The first-order chi connectivity index (χ1) is 9.26. The van der Waals surface area contributed by atoms with Crippen molar-refractivity contribution >= 4 is 11.3 Å². The molecule has 1 aromatic heterocycles. The van der Waals surface area contributed by atoms with Crippen LogP contribution in [0.2, 0.25) is 0 Å². The molecule has 0 fully saturated rings. The highest BCUT2D eigenvalue weighted by atomic mass is 32.1. The normalized spacial score (nSPS) is 12.4. The van der Waals surface area contributed by atoms with Crippen LogP contribution in [0.1, 0.15) is 37.7 Å². The van der Waals surface area contributed by atoms with Crippen molar-refractivity contribution in [2.75, 3.05) is 6.61 Å². The van der Waals surface area contributed by atoms with Crippen LogP contribution in [0, 0.1) is 0 Å². The van der Waals surface area contributed by atoms with Crippen molar-refractivity contribution in [1.29, 1.82) is 0 Å². The van der Waals surface area contributed by atoms with Crippen LogP contribution in [0.3, 0.4) is 0 Å². The molecular formula is C15H20N2OS. The second-order valence-corrected chi connectivity index (χ2v) is 5.29. The van der Waals surface area contributed by atoms with Crippen molar-refractivity contribution in [3.63, 3.8) is 0 Å². The monoisotopic (exact) mass is 276 g/mol. The molecule has 0 radical (unpaired) electrons. The maximum atomic E-state index is 6.11. The van der Waals surface area contributed by atoms with Crippen molar-refractivity contribution in [2.45, 2.75) is 32.7 Å². The fourth-order valence-electron chi connectivity index (χ4n) is 1.98. The zero-order valence-corrected chi connectivity index (χ0v) is 12.2.